The molecule has 1 amide bonds. The Morgan fingerprint density at radius 1 is 1.12 bits per heavy atom. The zero-order chi connectivity index (χ0) is 23.8. The van der Waals surface area contributed by atoms with Crippen LogP contribution >= 0.6 is 11.6 Å². The normalized spacial score (nSPS) is 16.8. The van der Waals surface area contributed by atoms with E-state index in [4.69, 9.17) is 30.5 Å². The van der Waals surface area contributed by atoms with E-state index in [1.54, 1.807) is 24.1 Å². The van der Waals surface area contributed by atoms with Gasteiger partial charge in [-0.05, 0) is 49.2 Å². The molecular formula is C25H28ClNO6. The predicted molar refractivity (Wildman–Crippen MR) is 124 cm³/mol. The summed E-state index contributed by atoms with van der Waals surface area (Å²) in [5.41, 5.74) is 1.65. The molecule has 8 heteroatoms. The second kappa shape index (κ2) is 9.14. The van der Waals surface area contributed by atoms with Crippen LogP contribution in [0.15, 0.2) is 24.3 Å². The van der Waals surface area contributed by atoms with E-state index >= 15 is 0 Å². The average Bonchev–Trinajstić information content (AvgIpc) is 2.80. The number of ether oxygens (including phenoxy) is 4. The number of nitrogens with zero attached hydrogens (tertiary/aromatic N) is 1. The minimum atomic E-state index is -0.661. The van der Waals surface area contributed by atoms with Gasteiger partial charge in [-0.3, -0.25) is 9.59 Å². The summed E-state index contributed by atoms with van der Waals surface area (Å²) in [4.78, 5) is 27.4. The van der Waals surface area contributed by atoms with Crippen molar-refractivity contribution in [2.75, 3.05) is 33.9 Å². The number of carbonyl (C=O) groups is 2. The molecule has 0 radical (unpaired) electrons. The number of benzene rings is 2. The van der Waals surface area contributed by atoms with Crippen LogP contribution in [-0.4, -0.2) is 56.1 Å². The highest BCUT2D eigenvalue weighted by Crippen LogP contribution is 2.47. The van der Waals surface area contributed by atoms with Gasteiger partial charge < -0.3 is 23.8 Å². The largest absolute Gasteiger partial charge is 0.493 e. The van der Waals surface area contributed by atoms with Gasteiger partial charge in [-0.2, -0.15) is 0 Å². The first-order valence-electron chi connectivity index (χ1n) is 10.9. The van der Waals surface area contributed by atoms with Gasteiger partial charge in [-0.25, -0.2) is 0 Å². The third-order valence-electron chi connectivity index (χ3n) is 6.40. The van der Waals surface area contributed by atoms with Gasteiger partial charge in [0.05, 0.1) is 26.2 Å². The maximum absolute atomic E-state index is 12.9. The number of rotatable bonds is 5. The monoisotopic (exact) mass is 473 g/mol. The Labute approximate surface area is 198 Å². The molecule has 0 N–H and O–H groups in total. The van der Waals surface area contributed by atoms with Crippen LogP contribution < -0.4 is 18.9 Å². The summed E-state index contributed by atoms with van der Waals surface area (Å²) in [6.07, 6.45) is 1.37. The number of amides is 1. The van der Waals surface area contributed by atoms with Gasteiger partial charge in [0, 0.05) is 31.0 Å². The molecule has 33 heavy (non-hydrogen) atoms. The quantitative estimate of drug-likeness (QED) is 0.641. The Morgan fingerprint density at radius 3 is 2.39 bits per heavy atom. The molecule has 1 fully saturated rings. The lowest BCUT2D eigenvalue weighted by atomic mass is 9.82. The van der Waals surface area contributed by atoms with E-state index in [2.05, 4.69) is 0 Å². The van der Waals surface area contributed by atoms with E-state index in [-0.39, 0.29) is 24.7 Å². The molecule has 0 bridgehead atoms. The molecule has 1 saturated heterocycles. The number of likely N-dealkylation sites (tertiary alicyclic amines) is 1. The SMILES string of the molecule is COc1ccc2c(c1OC)OC1(CCN(C(=O)COc3cc(C)c(Cl)c(C)c3)CC1)CC2=O. The van der Waals surface area contributed by atoms with Crippen LogP contribution in [0.5, 0.6) is 23.0 Å². The summed E-state index contributed by atoms with van der Waals surface area (Å²) in [6.45, 7) is 4.72. The Morgan fingerprint density at radius 2 is 1.79 bits per heavy atom. The van der Waals surface area contributed by atoms with E-state index in [0.717, 1.165) is 11.1 Å². The van der Waals surface area contributed by atoms with Crippen molar-refractivity contribution in [2.24, 2.45) is 0 Å². The fourth-order valence-electron chi connectivity index (χ4n) is 4.53. The molecule has 2 aromatic rings. The zero-order valence-electron chi connectivity index (χ0n) is 19.3. The highest BCUT2D eigenvalue weighted by Gasteiger charge is 2.45. The van der Waals surface area contributed by atoms with Gasteiger partial charge in [0.2, 0.25) is 5.75 Å². The van der Waals surface area contributed by atoms with E-state index in [0.29, 0.717) is 59.5 Å². The number of Topliss-reactive ketones (excluding diaryl/α,β-unsaturated/α-hetero) is 1. The van der Waals surface area contributed by atoms with Crippen LogP contribution in [0.3, 0.4) is 0 Å². The molecule has 4 rings (SSSR count). The average molecular weight is 474 g/mol. The molecule has 1 spiro atoms. The number of ketones is 1. The Hall–Kier alpha value is -2.93. The summed E-state index contributed by atoms with van der Waals surface area (Å²) >= 11 is 6.20. The second-order valence-electron chi connectivity index (χ2n) is 8.60. The van der Waals surface area contributed by atoms with Crippen LogP contribution in [0.2, 0.25) is 5.02 Å². The number of aryl methyl sites for hydroxylation is 2. The van der Waals surface area contributed by atoms with Gasteiger partial charge in [0.1, 0.15) is 11.4 Å². The topological polar surface area (TPSA) is 74.3 Å². The predicted octanol–water partition coefficient (Wildman–Crippen LogP) is 4.38. The van der Waals surface area contributed by atoms with Crippen molar-refractivity contribution < 1.29 is 28.5 Å². The third-order valence-corrected chi connectivity index (χ3v) is 7.00. The number of methoxy groups -OCH3 is 2. The molecule has 7 nitrogen and oxygen atoms in total. The minimum Gasteiger partial charge on any atom is -0.493 e. The fourth-order valence-corrected chi connectivity index (χ4v) is 4.64. The molecular weight excluding hydrogens is 446 g/mol. The molecule has 176 valence electrons. The van der Waals surface area contributed by atoms with E-state index in [1.165, 1.54) is 7.11 Å². The molecule has 2 aliphatic rings. The van der Waals surface area contributed by atoms with Gasteiger partial charge in [0.25, 0.3) is 5.91 Å². The summed E-state index contributed by atoms with van der Waals surface area (Å²) in [5, 5.41) is 0.702. The van der Waals surface area contributed by atoms with Crippen molar-refractivity contribution >= 4 is 23.3 Å². The number of fused-ring (bicyclic) bond motifs is 1. The van der Waals surface area contributed by atoms with Crippen LogP contribution in [0.1, 0.15) is 40.7 Å². The lowest BCUT2D eigenvalue weighted by molar-refractivity contribution is -0.137. The maximum Gasteiger partial charge on any atom is 0.260 e. The number of hydrogen-bond donors (Lipinski definition) is 0. The number of piperidine rings is 1. The zero-order valence-corrected chi connectivity index (χ0v) is 20.1. The van der Waals surface area contributed by atoms with Gasteiger partial charge >= 0.3 is 0 Å². The molecule has 0 saturated carbocycles. The van der Waals surface area contributed by atoms with Crippen LogP contribution in [-0.2, 0) is 4.79 Å². The first-order valence-corrected chi connectivity index (χ1v) is 11.3. The summed E-state index contributed by atoms with van der Waals surface area (Å²) in [7, 11) is 3.07. The molecule has 0 atom stereocenters. The summed E-state index contributed by atoms with van der Waals surface area (Å²) in [5.74, 6) is 1.88. The molecule has 2 aromatic carbocycles. The van der Waals surface area contributed by atoms with Crippen molar-refractivity contribution in [1.82, 2.24) is 4.90 Å². The van der Waals surface area contributed by atoms with Gasteiger partial charge in [-0.1, -0.05) is 11.6 Å². The van der Waals surface area contributed by atoms with Crippen molar-refractivity contribution in [2.45, 2.75) is 38.7 Å². The number of halogens is 1. The molecule has 0 unspecified atom stereocenters. The van der Waals surface area contributed by atoms with Crippen molar-refractivity contribution in [3.63, 3.8) is 0 Å². The smallest absolute Gasteiger partial charge is 0.260 e. The lowest BCUT2D eigenvalue weighted by Crippen LogP contribution is -2.53. The summed E-state index contributed by atoms with van der Waals surface area (Å²) in [6, 6.07) is 7.08. The fraction of sp³-hybridized carbons (Fsp3) is 0.440. The standard InChI is InChI=1S/C25H28ClNO6/c1-15-11-17(12-16(2)22(15)26)32-14-21(29)27-9-7-25(8-10-27)13-19(28)18-5-6-20(30-3)24(31-4)23(18)33-25/h5-6,11-12H,7-10,13-14H2,1-4H3. The van der Waals surface area contributed by atoms with Crippen LogP contribution in [0.4, 0.5) is 0 Å². The lowest BCUT2D eigenvalue weighted by Gasteiger charge is -2.44. The van der Waals surface area contributed by atoms with Crippen molar-refractivity contribution in [3.8, 4) is 23.0 Å². The molecule has 2 heterocycles. The maximum atomic E-state index is 12.9. The van der Waals surface area contributed by atoms with Gasteiger partial charge in [0.15, 0.2) is 23.9 Å². The van der Waals surface area contributed by atoms with Gasteiger partial charge in [-0.15, -0.1) is 0 Å². The highest BCUT2D eigenvalue weighted by atomic mass is 35.5. The van der Waals surface area contributed by atoms with Crippen molar-refractivity contribution in [3.05, 3.63) is 46.0 Å². The number of carbonyl (C=O) groups excluding carboxylic acids is 2. The molecule has 0 aromatic heterocycles. The van der Waals surface area contributed by atoms with E-state index in [1.807, 2.05) is 26.0 Å². The number of hydrogen-bond acceptors (Lipinski definition) is 6. The molecule has 0 aliphatic carbocycles. The van der Waals surface area contributed by atoms with Crippen LogP contribution in [0, 0.1) is 13.8 Å². The van der Waals surface area contributed by atoms with Crippen LogP contribution in [0.25, 0.3) is 0 Å². The minimum absolute atomic E-state index is 0.00814. The van der Waals surface area contributed by atoms with E-state index in [9.17, 15) is 9.59 Å². The molecule has 2 aliphatic heterocycles. The van der Waals surface area contributed by atoms with Crippen molar-refractivity contribution in [1.29, 1.82) is 0 Å². The Kier molecular flexibility index (Phi) is 6.43. The first-order chi connectivity index (χ1) is 15.8. The first kappa shape index (κ1) is 23.2. The third kappa shape index (κ3) is 4.47. The highest BCUT2D eigenvalue weighted by molar-refractivity contribution is 6.32. The Bertz CT molecular complexity index is 1070. The Balaban J connectivity index is 1.41. The summed E-state index contributed by atoms with van der Waals surface area (Å²) < 4.78 is 22.9. The second-order valence-corrected chi connectivity index (χ2v) is 8.98. The van der Waals surface area contributed by atoms with E-state index < -0.39 is 5.60 Å².